The summed E-state index contributed by atoms with van der Waals surface area (Å²) in [6.45, 7) is 4.84. The lowest BCUT2D eigenvalue weighted by molar-refractivity contribution is -0.148. The fraction of sp³-hybridized carbons (Fsp3) is 0.286. The van der Waals surface area contributed by atoms with Gasteiger partial charge >= 0.3 is 12.0 Å². The van der Waals surface area contributed by atoms with E-state index in [9.17, 15) is 14.4 Å². The van der Waals surface area contributed by atoms with Crippen LogP contribution in [0.5, 0.6) is 0 Å². The van der Waals surface area contributed by atoms with E-state index in [0.717, 1.165) is 11.1 Å². The van der Waals surface area contributed by atoms with Gasteiger partial charge < -0.3 is 10.1 Å². The van der Waals surface area contributed by atoms with Crippen molar-refractivity contribution in [3.8, 4) is 0 Å². The van der Waals surface area contributed by atoms with Crippen LogP contribution in [0.2, 0.25) is 0 Å². The van der Waals surface area contributed by atoms with Crippen molar-refractivity contribution in [2.24, 2.45) is 0 Å². The molecule has 6 nitrogen and oxygen atoms in total. The van der Waals surface area contributed by atoms with Crippen molar-refractivity contribution in [2.75, 3.05) is 6.61 Å². The first-order chi connectivity index (χ1) is 12.8. The number of rotatable bonds is 5. The van der Waals surface area contributed by atoms with Crippen LogP contribution in [0.4, 0.5) is 4.79 Å². The van der Waals surface area contributed by atoms with Crippen molar-refractivity contribution in [3.05, 3.63) is 71.8 Å². The zero-order chi connectivity index (χ0) is 19.9. The van der Waals surface area contributed by atoms with Gasteiger partial charge in [0.05, 0.1) is 0 Å². The Morgan fingerprint density at radius 1 is 0.889 bits per heavy atom. The number of ether oxygens (including phenoxy) is 1. The number of nitrogens with one attached hydrogen (secondary N) is 2. The molecule has 0 aliphatic heterocycles. The van der Waals surface area contributed by atoms with Gasteiger partial charge in [0.2, 0.25) is 0 Å². The van der Waals surface area contributed by atoms with Crippen LogP contribution in [0.25, 0.3) is 0 Å². The monoisotopic (exact) mass is 368 g/mol. The zero-order valence-corrected chi connectivity index (χ0v) is 15.7. The van der Waals surface area contributed by atoms with Gasteiger partial charge in [0.15, 0.2) is 6.61 Å². The maximum atomic E-state index is 12.7. The molecule has 0 saturated heterocycles. The van der Waals surface area contributed by atoms with Crippen LogP contribution in [-0.2, 0) is 14.3 Å². The van der Waals surface area contributed by atoms with Gasteiger partial charge in [-0.15, -0.1) is 0 Å². The molecule has 2 rings (SSSR count). The molecule has 0 aliphatic carbocycles. The van der Waals surface area contributed by atoms with Crippen LogP contribution in [0.3, 0.4) is 0 Å². The highest BCUT2D eigenvalue weighted by molar-refractivity contribution is 5.96. The van der Waals surface area contributed by atoms with Gasteiger partial charge in [0, 0.05) is 5.54 Å². The molecule has 3 amide bonds. The molecule has 0 bridgehead atoms. The van der Waals surface area contributed by atoms with Crippen LogP contribution in [-0.4, -0.2) is 30.1 Å². The molecule has 0 radical (unpaired) electrons. The van der Waals surface area contributed by atoms with Crippen molar-refractivity contribution in [1.82, 2.24) is 10.6 Å². The summed E-state index contributed by atoms with van der Waals surface area (Å²) in [5, 5.41) is 4.74. The third-order valence-electron chi connectivity index (χ3n) is 3.59. The van der Waals surface area contributed by atoms with E-state index < -0.39 is 36.0 Å². The lowest BCUT2D eigenvalue weighted by atomic mass is 9.91. The van der Waals surface area contributed by atoms with E-state index in [0.29, 0.717) is 0 Å². The van der Waals surface area contributed by atoms with E-state index in [1.165, 1.54) is 0 Å². The minimum absolute atomic E-state index is 0.479. The highest BCUT2D eigenvalue weighted by atomic mass is 16.5. The van der Waals surface area contributed by atoms with Crippen LogP contribution in [0.15, 0.2) is 60.7 Å². The van der Waals surface area contributed by atoms with Crippen LogP contribution >= 0.6 is 0 Å². The van der Waals surface area contributed by atoms with E-state index in [4.69, 9.17) is 4.74 Å². The Morgan fingerprint density at radius 2 is 1.37 bits per heavy atom. The molecule has 0 spiro atoms. The quantitative estimate of drug-likeness (QED) is 0.795. The summed E-state index contributed by atoms with van der Waals surface area (Å²) < 4.78 is 5.17. The number of esters is 1. The van der Waals surface area contributed by atoms with E-state index in [1.807, 2.05) is 60.7 Å². The number of benzene rings is 2. The molecule has 0 unspecified atom stereocenters. The molecule has 0 aromatic heterocycles. The summed E-state index contributed by atoms with van der Waals surface area (Å²) in [4.78, 5) is 36.3. The number of urea groups is 1. The number of amides is 3. The standard InChI is InChI=1S/C21H24N2O4/c1-21(2,3)23-20(26)22-17(24)14-27-19(25)18(15-10-6-4-7-11-15)16-12-8-5-9-13-16/h4-13,18H,14H2,1-3H3,(H2,22,23,24,26). The predicted octanol–water partition coefficient (Wildman–Crippen LogP) is 2.99. The topological polar surface area (TPSA) is 84.5 Å². The third-order valence-corrected chi connectivity index (χ3v) is 3.59. The largest absolute Gasteiger partial charge is 0.455 e. The number of imide groups is 1. The normalized spacial score (nSPS) is 11.0. The second-order valence-electron chi connectivity index (χ2n) is 7.11. The second-order valence-corrected chi connectivity index (χ2v) is 7.11. The molecule has 6 heteroatoms. The summed E-state index contributed by atoms with van der Waals surface area (Å²) >= 11 is 0. The van der Waals surface area contributed by atoms with Crippen molar-refractivity contribution in [2.45, 2.75) is 32.2 Å². The molecule has 0 heterocycles. The molecule has 0 atom stereocenters. The van der Waals surface area contributed by atoms with Crippen LogP contribution < -0.4 is 10.6 Å². The highest BCUT2D eigenvalue weighted by Gasteiger charge is 2.25. The third kappa shape index (κ3) is 6.58. The SMILES string of the molecule is CC(C)(C)NC(=O)NC(=O)COC(=O)C(c1ccccc1)c1ccccc1. The molecule has 0 saturated carbocycles. The first-order valence-corrected chi connectivity index (χ1v) is 8.65. The summed E-state index contributed by atoms with van der Waals surface area (Å²) in [7, 11) is 0. The number of carbonyl (C=O) groups excluding carboxylic acids is 3. The van der Waals surface area contributed by atoms with Gasteiger partial charge in [-0.05, 0) is 31.9 Å². The fourth-order valence-electron chi connectivity index (χ4n) is 2.51. The van der Waals surface area contributed by atoms with E-state index >= 15 is 0 Å². The van der Waals surface area contributed by atoms with Gasteiger partial charge in [-0.3, -0.25) is 14.9 Å². The smallest absolute Gasteiger partial charge is 0.321 e. The Kier molecular flexibility index (Phi) is 6.71. The molecule has 0 aliphatic rings. The molecular weight excluding hydrogens is 344 g/mol. The summed E-state index contributed by atoms with van der Waals surface area (Å²) in [5.74, 6) is -1.90. The maximum Gasteiger partial charge on any atom is 0.321 e. The van der Waals surface area contributed by atoms with E-state index in [1.54, 1.807) is 20.8 Å². The molecule has 2 N–H and O–H groups in total. The second kappa shape index (κ2) is 8.98. The van der Waals surface area contributed by atoms with Gasteiger partial charge in [-0.25, -0.2) is 4.79 Å². The molecule has 27 heavy (non-hydrogen) atoms. The first kappa shape index (κ1) is 20.2. The minimum Gasteiger partial charge on any atom is -0.455 e. The number of carbonyl (C=O) groups is 3. The first-order valence-electron chi connectivity index (χ1n) is 8.65. The van der Waals surface area contributed by atoms with Gasteiger partial charge in [0.25, 0.3) is 5.91 Å². The lowest BCUT2D eigenvalue weighted by Crippen LogP contribution is -2.49. The van der Waals surface area contributed by atoms with Crippen molar-refractivity contribution in [3.63, 3.8) is 0 Å². The molecule has 2 aromatic carbocycles. The Balaban J connectivity index is 2.02. The van der Waals surface area contributed by atoms with Gasteiger partial charge in [0.1, 0.15) is 5.92 Å². The summed E-state index contributed by atoms with van der Waals surface area (Å²) in [6, 6.07) is 17.7. The van der Waals surface area contributed by atoms with Gasteiger partial charge in [-0.2, -0.15) is 0 Å². The lowest BCUT2D eigenvalue weighted by Gasteiger charge is -2.20. The van der Waals surface area contributed by atoms with Crippen LogP contribution in [0.1, 0.15) is 37.8 Å². The van der Waals surface area contributed by atoms with Crippen molar-refractivity contribution in [1.29, 1.82) is 0 Å². The number of hydrogen-bond acceptors (Lipinski definition) is 4. The highest BCUT2D eigenvalue weighted by Crippen LogP contribution is 2.25. The van der Waals surface area contributed by atoms with Gasteiger partial charge in [-0.1, -0.05) is 60.7 Å². The fourth-order valence-corrected chi connectivity index (χ4v) is 2.51. The van der Waals surface area contributed by atoms with E-state index in [-0.39, 0.29) is 0 Å². The summed E-state index contributed by atoms with van der Waals surface area (Å²) in [6.07, 6.45) is 0. The maximum absolute atomic E-state index is 12.7. The predicted molar refractivity (Wildman–Crippen MR) is 102 cm³/mol. The molecule has 142 valence electrons. The zero-order valence-electron chi connectivity index (χ0n) is 15.7. The van der Waals surface area contributed by atoms with Crippen molar-refractivity contribution >= 4 is 17.9 Å². The molecule has 0 fully saturated rings. The van der Waals surface area contributed by atoms with E-state index in [2.05, 4.69) is 10.6 Å². The Labute approximate surface area is 158 Å². The average molecular weight is 368 g/mol. The Morgan fingerprint density at radius 3 is 1.81 bits per heavy atom. The number of hydrogen-bond donors (Lipinski definition) is 2. The Hall–Kier alpha value is -3.15. The summed E-state index contributed by atoms with van der Waals surface area (Å²) in [5.41, 5.74) is 1.05. The Bertz CT molecular complexity index is 743. The molecular formula is C21H24N2O4. The average Bonchev–Trinajstić information content (AvgIpc) is 2.60. The minimum atomic E-state index is -0.690. The van der Waals surface area contributed by atoms with Crippen LogP contribution in [0, 0.1) is 0 Å². The van der Waals surface area contributed by atoms with Crippen molar-refractivity contribution < 1.29 is 19.1 Å². The molecule has 2 aromatic rings.